The molecule has 0 spiro atoms. The van der Waals surface area contributed by atoms with Crippen LogP contribution in [0.1, 0.15) is 31.5 Å². The standard InChI is InChI=1S/C12H21N3O/c1-14-8-7-13-12(14)9-15(2)10-3-5-11(16)6-4-10/h7-8,10-11,16H,3-6,9H2,1-2H3. The molecule has 0 atom stereocenters. The van der Waals surface area contributed by atoms with Crippen molar-refractivity contribution in [3.8, 4) is 0 Å². The van der Waals surface area contributed by atoms with Crippen LogP contribution in [0.25, 0.3) is 0 Å². The molecule has 1 aromatic rings. The van der Waals surface area contributed by atoms with Gasteiger partial charge >= 0.3 is 0 Å². The van der Waals surface area contributed by atoms with E-state index in [9.17, 15) is 5.11 Å². The first-order valence-electron chi connectivity index (χ1n) is 6.01. The van der Waals surface area contributed by atoms with E-state index in [0.29, 0.717) is 6.04 Å². The Labute approximate surface area is 96.9 Å². The molecule has 1 aromatic heterocycles. The maximum absolute atomic E-state index is 9.47. The molecule has 1 saturated carbocycles. The fraction of sp³-hybridized carbons (Fsp3) is 0.750. The summed E-state index contributed by atoms with van der Waals surface area (Å²) in [6, 6.07) is 0.597. The molecule has 1 heterocycles. The maximum atomic E-state index is 9.47. The molecule has 0 bridgehead atoms. The second-order valence-corrected chi connectivity index (χ2v) is 4.83. The van der Waals surface area contributed by atoms with E-state index >= 15 is 0 Å². The van der Waals surface area contributed by atoms with E-state index in [-0.39, 0.29) is 6.10 Å². The molecule has 0 aromatic carbocycles. The molecule has 1 N–H and O–H groups in total. The Morgan fingerprint density at radius 1 is 1.44 bits per heavy atom. The van der Waals surface area contributed by atoms with Gasteiger partial charge in [-0.25, -0.2) is 4.98 Å². The predicted octanol–water partition coefficient (Wildman–Crippen LogP) is 1.16. The van der Waals surface area contributed by atoms with Gasteiger partial charge in [-0.3, -0.25) is 4.90 Å². The molecule has 4 heteroatoms. The molecular formula is C12H21N3O. The minimum absolute atomic E-state index is 0.0715. The van der Waals surface area contributed by atoms with Crippen LogP contribution in [0.4, 0.5) is 0 Å². The minimum Gasteiger partial charge on any atom is -0.393 e. The van der Waals surface area contributed by atoms with Crippen molar-refractivity contribution in [3.05, 3.63) is 18.2 Å². The van der Waals surface area contributed by atoms with Crippen molar-refractivity contribution >= 4 is 0 Å². The number of nitrogens with zero attached hydrogens (tertiary/aromatic N) is 3. The van der Waals surface area contributed by atoms with E-state index in [1.165, 1.54) is 0 Å². The van der Waals surface area contributed by atoms with E-state index in [0.717, 1.165) is 38.1 Å². The van der Waals surface area contributed by atoms with Crippen molar-refractivity contribution in [2.45, 2.75) is 44.4 Å². The number of aromatic nitrogens is 2. The van der Waals surface area contributed by atoms with Crippen molar-refractivity contribution in [2.24, 2.45) is 7.05 Å². The maximum Gasteiger partial charge on any atom is 0.122 e. The van der Waals surface area contributed by atoms with Crippen LogP contribution in [0.5, 0.6) is 0 Å². The van der Waals surface area contributed by atoms with Crippen molar-refractivity contribution in [2.75, 3.05) is 7.05 Å². The van der Waals surface area contributed by atoms with E-state index < -0.39 is 0 Å². The van der Waals surface area contributed by atoms with Gasteiger partial charge in [0.25, 0.3) is 0 Å². The molecule has 0 saturated heterocycles. The third-order valence-electron chi connectivity index (χ3n) is 3.60. The topological polar surface area (TPSA) is 41.3 Å². The molecular weight excluding hydrogens is 202 g/mol. The highest BCUT2D eigenvalue weighted by Crippen LogP contribution is 2.22. The van der Waals surface area contributed by atoms with Crippen molar-refractivity contribution in [1.29, 1.82) is 0 Å². The van der Waals surface area contributed by atoms with Crippen LogP contribution in [-0.2, 0) is 13.6 Å². The largest absolute Gasteiger partial charge is 0.393 e. The Morgan fingerprint density at radius 2 is 2.12 bits per heavy atom. The second kappa shape index (κ2) is 4.97. The molecule has 0 aliphatic heterocycles. The Bertz CT molecular complexity index is 329. The van der Waals surface area contributed by atoms with Crippen molar-refractivity contribution in [3.63, 3.8) is 0 Å². The average Bonchev–Trinajstić information content (AvgIpc) is 2.65. The molecule has 90 valence electrons. The predicted molar refractivity (Wildman–Crippen MR) is 62.9 cm³/mol. The zero-order valence-corrected chi connectivity index (χ0v) is 10.1. The first-order valence-corrected chi connectivity index (χ1v) is 6.01. The van der Waals surface area contributed by atoms with E-state index in [4.69, 9.17) is 0 Å². The fourth-order valence-corrected chi connectivity index (χ4v) is 2.40. The van der Waals surface area contributed by atoms with Crippen LogP contribution < -0.4 is 0 Å². The molecule has 0 unspecified atom stereocenters. The van der Waals surface area contributed by atoms with Crippen LogP contribution in [0.15, 0.2) is 12.4 Å². The number of aliphatic hydroxyl groups is 1. The van der Waals surface area contributed by atoms with Gasteiger partial charge in [0.1, 0.15) is 5.82 Å². The fourth-order valence-electron chi connectivity index (χ4n) is 2.40. The Morgan fingerprint density at radius 3 is 2.69 bits per heavy atom. The van der Waals surface area contributed by atoms with Crippen LogP contribution in [0.2, 0.25) is 0 Å². The number of imidazole rings is 1. The zero-order chi connectivity index (χ0) is 11.5. The van der Waals surface area contributed by atoms with Gasteiger partial charge in [-0.1, -0.05) is 0 Å². The summed E-state index contributed by atoms with van der Waals surface area (Å²) in [5.74, 6) is 1.11. The molecule has 1 fully saturated rings. The normalized spacial score (nSPS) is 26.2. The highest BCUT2D eigenvalue weighted by Gasteiger charge is 2.23. The highest BCUT2D eigenvalue weighted by atomic mass is 16.3. The van der Waals surface area contributed by atoms with E-state index in [1.807, 2.05) is 19.4 Å². The van der Waals surface area contributed by atoms with Crippen LogP contribution in [0, 0.1) is 0 Å². The SMILES string of the molecule is CN(Cc1nccn1C)C1CCC(O)CC1. The summed E-state index contributed by atoms with van der Waals surface area (Å²) >= 11 is 0. The number of hydrogen-bond acceptors (Lipinski definition) is 3. The molecule has 2 rings (SSSR count). The highest BCUT2D eigenvalue weighted by molar-refractivity contribution is 4.92. The first kappa shape index (κ1) is 11.6. The quantitative estimate of drug-likeness (QED) is 0.836. The second-order valence-electron chi connectivity index (χ2n) is 4.83. The molecule has 1 aliphatic rings. The first-order chi connectivity index (χ1) is 7.66. The molecule has 0 amide bonds. The summed E-state index contributed by atoms with van der Waals surface area (Å²) in [7, 11) is 4.18. The van der Waals surface area contributed by atoms with Crippen LogP contribution in [-0.4, -0.2) is 38.8 Å². The summed E-state index contributed by atoms with van der Waals surface area (Å²) in [4.78, 5) is 6.69. The van der Waals surface area contributed by atoms with Gasteiger partial charge < -0.3 is 9.67 Å². The molecule has 1 aliphatic carbocycles. The lowest BCUT2D eigenvalue weighted by Gasteiger charge is -2.32. The van der Waals surface area contributed by atoms with Gasteiger partial charge in [-0.05, 0) is 32.7 Å². The van der Waals surface area contributed by atoms with Gasteiger partial charge in [0.05, 0.1) is 12.6 Å². The van der Waals surface area contributed by atoms with Crippen LogP contribution >= 0.6 is 0 Å². The number of aryl methyl sites for hydroxylation is 1. The number of rotatable bonds is 3. The number of hydrogen-bond donors (Lipinski definition) is 1. The Hall–Kier alpha value is -0.870. The number of aliphatic hydroxyl groups excluding tert-OH is 1. The average molecular weight is 223 g/mol. The summed E-state index contributed by atoms with van der Waals surface area (Å²) in [6.07, 6.45) is 7.83. The van der Waals surface area contributed by atoms with E-state index in [2.05, 4.69) is 21.5 Å². The molecule has 4 nitrogen and oxygen atoms in total. The lowest BCUT2D eigenvalue weighted by Crippen LogP contribution is -2.36. The van der Waals surface area contributed by atoms with Gasteiger partial charge in [-0.2, -0.15) is 0 Å². The smallest absolute Gasteiger partial charge is 0.122 e. The monoisotopic (exact) mass is 223 g/mol. The Kier molecular flexibility index (Phi) is 3.61. The zero-order valence-electron chi connectivity index (χ0n) is 10.1. The minimum atomic E-state index is -0.0715. The van der Waals surface area contributed by atoms with Crippen molar-refractivity contribution < 1.29 is 5.11 Å². The summed E-state index contributed by atoms with van der Waals surface area (Å²) in [5.41, 5.74) is 0. The lowest BCUT2D eigenvalue weighted by molar-refractivity contribution is 0.0806. The third-order valence-corrected chi connectivity index (χ3v) is 3.60. The van der Waals surface area contributed by atoms with Crippen LogP contribution in [0.3, 0.4) is 0 Å². The van der Waals surface area contributed by atoms with Gasteiger partial charge in [0, 0.05) is 25.5 Å². The summed E-state index contributed by atoms with van der Waals surface area (Å²) in [5, 5.41) is 9.47. The van der Waals surface area contributed by atoms with Gasteiger partial charge in [0.15, 0.2) is 0 Å². The Balaban J connectivity index is 1.88. The van der Waals surface area contributed by atoms with Gasteiger partial charge in [-0.15, -0.1) is 0 Å². The van der Waals surface area contributed by atoms with Crippen molar-refractivity contribution in [1.82, 2.24) is 14.5 Å². The van der Waals surface area contributed by atoms with Gasteiger partial charge in [0.2, 0.25) is 0 Å². The third kappa shape index (κ3) is 2.62. The summed E-state index contributed by atoms with van der Waals surface area (Å²) in [6.45, 7) is 0.893. The molecule has 16 heavy (non-hydrogen) atoms. The van der Waals surface area contributed by atoms with E-state index in [1.54, 1.807) is 0 Å². The summed E-state index contributed by atoms with van der Waals surface area (Å²) < 4.78 is 2.06. The lowest BCUT2D eigenvalue weighted by atomic mass is 9.92. The molecule has 0 radical (unpaired) electrons.